The van der Waals surface area contributed by atoms with Crippen LogP contribution in [-0.4, -0.2) is 8.76 Å². The predicted octanol–water partition coefficient (Wildman–Crippen LogP) is 1.24. The molecule has 0 aliphatic rings. The van der Waals surface area contributed by atoms with Crippen LogP contribution >= 0.6 is 0 Å². The first kappa shape index (κ1) is 7.64. The Bertz CT molecular complexity index is 138. The van der Waals surface area contributed by atoms with Crippen LogP contribution in [0, 0.1) is 0 Å². The molecule has 0 fully saturated rings. The summed E-state index contributed by atoms with van der Waals surface area (Å²) in [6.07, 6.45) is -2.76. The normalized spacial score (nSPS) is 13.0. The van der Waals surface area contributed by atoms with Gasteiger partial charge in [-0.3, -0.25) is 0 Å². The van der Waals surface area contributed by atoms with Crippen molar-refractivity contribution >= 4 is 11.1 Å². The summed E-state index contributed by atoms with van der Waals surface area (Å²) >= 11 is -3.18. The molecule has 48 valence electrons. The van der Waals surface area contributed by atoms with Crippen molar-refractivity contribution in [3.8, 4) is 0 Å². The molecule has 1 unspecified atom stereocenters. The fraction of sp³-hybridized carbons (Fsp3) is 0. The second-order valence-corrected chi connectivity index (χ2v) is 1.64. The van der Waals surface area contributed by atoms with Crippen LogP contribution in [0.15, 0.2) is 11.2 Å². The molecule has 0 aromatic rings. The van der Waals surface area contributed by atoms with Crippen molar-refractivity contribution in [1.82, 2.24) is 0 Å². The second kappa shape index (κ2) is 2.83. The SMILES string of the molecule is O=S(O)C(F)=C(F)F. The molecule has 0 rings (SSSR count). The van der Waals surface area contributed by atoms with E-state index >= 15 is 0 Å². The second-order valence-electron chi connectivity index (χ2n) is 0.783. The van der Waals surface area contributed by atoms with Gasteiger partial charge >= 0.3 is 6.08 Å². The summed E-state index contributed by atoms with van der Waals surface area (Å²) in [6, 6.07) is 0. The standard InChI is InChI=1S/C2HF3O2S/c3-1(4)2(5)8(6)7/h(H,6,7). The van der Waals surface area contributed by atoms with E-state index in [2.05, 4.69) is 0 Å². The molecule has 1 N–H and O–H groups in total. The van der Waals surface area contributed by atoms with Crippen molar-refractivity contribution in [2.75, 3.05) is 0 Å². The maximum absolute atomic E-state index is 11.2. The minimum Gasteiger partial charge on any atom is -0.300 e. The van der Waals surface area contributed by atoms with Gasteiger partial charge in [0, 0.05) is 0 Å². The Balaban J connectivity index is 4.23. The summed E-state index contributed by atoms with van der Waals surface area (Å²) in [7, 11) is 0. The number of hydrogen-bond donors (Lipinski definition) is 1. The van der Waals surface area contributed by atoms with Crippen LogP contribution in [0.4, 0.5) is 13.2 Å². The highest BCUT2D eigenvalue weighted by Crippen LogP contribution is 2.10. The van der Waals surface area contributed by atoms with Gasteiger partial charge in [-0.05, 0) is 0 Å². The first-order chi connectivity index (χ1) is 3.55. The fourth-order valence-corrected chi connectivity index (χ4v) is 0.198. The molecule has 2 nitrogen and oxygen atoms in total. The summed E-state index contributed by atoms with van der Waals surface area (Å²) in [5.41, 5.74) is 0. The van der Waals surface area contributed by atoms with Crippen LogP contribution in [0.25, 0.3) is 0 Å². The van der Waals surface area contributed by atoms with Gasteiger partial charge in [0.05, 0.1) is 0 Å². The van der Waals surface area contributed by atoms with E-state index in [1.54, 1.807) is 0 Å². The van der Waals surface area contributed by atoms with Crippen LogP contribution in [0.3, 0.4) is 0 Å². The summed E-state index contributed by atoms with van der Waals surface area (Å²) in [5, 5.41) is -2.29. The minimum atomic E-state index is -3.18. The molecule has 0 aromatic carbocycles. The lowest BCUT2D eigenvalue weighted by atomic mass is 11.1. The van der Waals surface area contributed by atoms with E-state index in [9.17, 15) is 17.4 Å². The molecule has 0 saturated heterocycles. The van der Waals surface area contributed by atoms with Crippen molar-refractivity contribution in [2.45, 2.75) is 0 Å². The Morgan fingerprint density at radius 1 is 1.38 bits per heavy atom. The Morgan fingerprint density at radius 3 is 1.75 bits per heavy atom. The third-order valence-electron chi connectivity index (χ3n) is 0.302. The molecule has 8 heavy (non-hydrogen) atoms. The van der Waals surface area contributed by atoms with Crippen molar-refractivity contribution in [3.05, 3.63) is 11.2 Å². The van der Waals surface area contributed by atoms with Crippen molar-refractivity contribution in [3.63, 3.8) is 0 Å². The first-order valence-electron chi connectivity index (χ1n) is 1.37. The molecular weight excluding hydrogens is 145 g/mol. The zero-order valence-electron chi connectivity index (χ0n) is 3.40. The molecular formula is C2HF3O2S. The van der Waals surface area contributed by atoms with Gasteiger partial charge in [0.1, 0.15) is 0 Å². The third kappa shape index (κ3) is 2.08. The van der Waals surface area contributed by atoms with E-state index in [1.165, 1.54) is 0 Å². The zero-order chi connectivity index (χ0) is 6.73. The average molecular weight is 146 g/mol. The molecule has 0 aliphatic heterocycles. The van der Waals surface area contributed by atoms with Gasteiger partial charge in [0.15, 0.2) is 0 Å². The van der Waals surface area contributed by atoms with Gasteiger partial charge in [-0.15, -0.1) is 0 Å². The maximum atomic E-state index is 11.2. The van der Waals surface area contributed by atoms with Crippen molar-refractivity contribution < 1.29 is 21.9 Å². The highest BCUT2D eigenvalue weighted by Gasteiger charge is 2.09. The predicted molar refractivity (Wildman–Crippen MR) is 21.1 cm³/mol. The highest BCUT2D eigenvalue weighted by atomic mass is 32.2. The molecule has 1 atom stereocenters. The maximum Gasteiger partial charge on any atom is 0.317 e. The van der Waals surface area contributed by atoms with Crippen LogP contribution in [0.1, 0.15) is 0 Å². The molecule has 0 spiro atoms. The molecule has 0 aliphatic carbocycles. The zero-order valence-corrected chi connectivity index (χ0v) is 4.21. The van der Waals surface area contributed by atoms with Crippen molar-refractivity contribution in [1.29, 1.82) is 0 Å². The topological polar surface area (TPSA) is 37.3 Å². The molecule has 0 aromatic heterocycles. The largest absolute Gasteiger partial charge is 0.317 e. The van der Waals surface area contributed by atoms with Gasteiger partial charge in [0.25, 0.3) is 5.16 Å². The molecule has 6 heteroatoms. The van der Waals surface area contributed by atoms with E-state index in [0.29, 0.717) is 0 Å². The monoisotopic (exact) mass is 146 g/mol. The lowest BCUT2D eigenvalue weighted by Crippen LogP contribution is -1.85. The summed E-state index contributed by atoms with van der Waals surface area (Å²) < 4.78 is 49.8. The minimum absolute atomic E-state index is 2.29. The Labute approximate surface area is 45.3 Å². The van der Waals surface area contributed by atoms with Gasteiger partial charge in [-0.25, -0.2) is 4.21 Å². The highest BCUT2D eigenvalue weighted by molar-refractivity contribution is 7.83. The number of rotatable bonds is 1. The third-order valence-corrected chi connectivity index (χ3v) is 0.763. The quantitative estimate of drug-likeness (QED) is 0.565. The van der Waals surface area contributed by atoms with Crippen molar-refractivity contribution in [2.24, 2.45) is 0 Å². The Morgan fingerprint density at radius 2 is 1.75 bits per heavy atom. The summed E-state index contributed by atoms with van der Waals surface area (Å²) in [6.45, 7) is 0. The van der Waals surface area contributed by atoms with Gasteiger partial charge < -0.3 is 4.55 Å². The lowest BCUT2D eigenvalue weighted by molar-refractivity contribution is 0.389. The molecule has 0 amide bonds. The van der Waals surface area contributed by atoms with E-state index in [1.807, 2.05) is 0 Å². The average Bonchev–Trinajstić information content (AvgIpc) is 1.64. The van der Waals surface area contributed by atoms with E-state index < -0.39 is 22.3 Å². The summed E-state index contributed by atoms with van der Waals surface area (Å²) in [5.74, 6) is 0. The molecule has 0 bridgehead atoms. The molecule has 0 radical (unpaired) electrons. The summed E-state index contributed by atoms with van der Waals surface area (Å²) in [4.78, 5) is 0. The van der Waals surface area contributed by atoms with Crippen LogP contribution in [-0.2, 0) is 11.1 Å². The first-order valence-corrected chi connectivity index (χ1v) is 2.48. The molecule has 0 heterocycles. The van der Waals surface area contributed by atoms with Crippen LogP contribution in [0.2, 0.25) is 0 Å². The van der Waals surface area contributed by atoms with Gasteiger partial charge in [0.2, 0.25) is 11.1 Å². The smallest absolute Gasteiger partial charge is 0.300 e. The van der Waals surface area contributed by atoms with Crippen LogP contribution in [0.5, 0.6) is 0 Å². The fourth-order valence-electron chi connectivity index (χ4n) is 0.0660. The van der Waals surface area contributed by atoms with E-state index in [4.69, 9.17) is 4.55 Å². The lowest BCUT2D eigenvalue weighted by Gasteiger charge is -1.82. The Kier molecular flexibility index (Phi) is 2.70. The Hall–Kier alpha value is -0.360. The van der Waals surface area contributed by atoms with Crippen LogP contribution < -0.4 is 0 Å². The number of halogens is 3. The van der Waals surface area contributed by atoms with E-state index in [0.717, 1.165) is 0 Å². The molecule has 0 saturated carbocycles. The number of hydrogen-bond acceptors (Lipinski definition) is 1. The van der Waals surface area contributed by atoms with Gasteiger partial charge in [-0.1, -0.05) is 0 Å². The van der Waals surface area contributed by atoms with Gasteiger partial charge in [-0.2, -0.15) is 13.2 Å². The van der Waals surface area contributed by atoms with E-state index in [-0.39, 0.29) is 0 Å².